The standard InChI is InChI=1S/C14H21NO3/c1-17-12-8-6-9-13(18-2)11(12)7-4-3-5-10-14(15)16/h6,8-9H,3-5,7,10H2,1-2H3,(H2,15,16). The highest BCUT2D eigenvalue weighted by Gasteiger charge is 2.09. The molecule has 0 aliphatic carbocycles. The fourth-order valence-electron chi connectivity index (χ4n) is 1.95. The van der Waals surface area contributed by atoms with Gasteiger partial charge in [-0.15, -0.1) is 0 Å². The number of ether oxygens (including phenoxy) is 2. The normalized spacial score (nSPS) is 10.1. The van der Waals surface area contributed by atoms with Gasteiger partial charge in [-0.25, -0.2) is 0 Å². The average molecular weight is 251 g/mol. The molecule has 18 heavy (non-hydrogen) atoms. The molecule has 0 unspecified atom stereocenters. The molecule has 0 aromatic heterocycles. The molecule has 0 spiro atoms. The third kappa shape index (κ3) is 4.28. The molecule has 0 heterocycles. The van der Waals surface area contributed by atoms with Crippen LogP contribution in [0.15, 0.2) is 18.2 Å². The summed E-state index contributed by atoms with van der Waals surface area (Å²) < 4.78 is 10.7. The van der Waals surface area contributed by atoms with Crippen molar-refractivity contribution in [2.75, 3.05) is 14.2 Å². The molecular weight excluding hydrogens is 230 g/mol. The molecule has 0 saturated heterocycles. The molecule has 0 radical (unpaired) electrons. The third-order valence-electron chi connectivity index (χ3n) is 2.88. The van der Waals surface area contributed by atoms with Gasteiger partial charge in [0.1, 0.15) is 11.5 Å². The lowest BCUT2D eigenvalue weighted by molar-refractivity contribution is -0.118. The van der Waals surface area contributed by atoms with Gasteiger partial charge in [-0.2, -0.15) is 0 Å². The molecule has 0 aliphatic heterocycles. The summed E-state index contributed by atoms with van der Waals surface area (Å²) in [7, 11) is 3.32. The summed E-state index contributed by atoms with van der Waals surface area (Å²) in [5.74, 6) is 1.47. The first kappa shape index (κ1) is 14.4. The Bertz CT molecular complexity index is 368. The summed E-state index contributed by atoms with van der Waals surface area (Å²) in [6.45, 7) is 0. The summed E-state index contributed by atoms with van der Waals surface area (Å²) in [5.41, 5.74) is 6.18. The first-order chi connectivity index (χ1) is 8.69. The van der Waals surface area contributed by atoms with Gasteiger partial charge in [0, 0.05) is 12.0 Å². The number of hydrogen-bond donors (Lipinski definition) is 1. The Morgan fingerprint density at radius 1 is 1.11 bits per heavy atom. The molecule has 0 aliphatic rings. The van der Waals surface area contributed by atoms with E-state index in [0.717, 1.165) is 42.7 Å². The number of rotatable bonds is 8. The van der Waals surface area contributed by atoms with E-state index in [1.165, 1.54) is 0 Å². The third-order valence-corrected chi connectivity index (χ3v) is 2.88. The van der Waals surface area contributed by atoms with Crippen molar-refractivity contribution in [3.05, 3.63) is 23.8 Å². The van der Waals surface area contributed by atoms with Crippen LogP contribution in [0.3, 0.4) is 0 Å². The number of benzene rings is 1. The predicted octanol–water partition coefficient (Wildman–Crippen LogP) is 2.29. The second kappa shape index (κ2) is 7.58. The topological polar surface area (TPSA) is 61.6 Å². The molecule has 4 nitrogen and oxygen atoms in total. The minimum absolute atomic E-state index is 0.232. The molecule has 0 saturated carbocycles. The molecule has 4 heteroatoms. The molecule has 1 amide bonds. The van der Waals surface area contributed by atoms with Gasteiger partial charge in [-0.05, 0) is 31.4 Å². The van der Waals surface area contributed by atoms with E-state index in [4.69, 9.17) is 15.2 Å². The van der Waals surface area contributed by atoms with Crippen molar-refractivity contribution in [2.45, 2.75) is 32.1 Å². The summed E-state index contributed by atoms with van der Waals surface area (Å²) in [6.07, 6.45) is 4.15. The molecule has 1 rings (SSSR count). The molecule has 0 atom stereocenters. The molecular formula is C14H21NO3. The van der Waals surface area contributed by atoms with Gasteiger partial charge >= 0.3 is 0 Å². The zero-order valence-corrected chi connectivity index (χ0v) is 11.1. The lowest BCUT2D eigenvalue weighted by atomic mass is 10.0. The summed E-state index contributed by atoms with van der Waals surface area (Å²) in [5, 5.41) is 0. The molecule has 2 N–H and O–H groups in total. The van der Waals surface area contributed by atoms with E-state index in [-0.39, 0.29) is 5.91 Å². The summed E-state index contributed by atoms with van der Waals surface area (Å²) >= 11 is 0. The van der Waals surface area contributed by atoms with Crippen molar-refractivity contribution < 1.29 is 14.3 Å². The highest BCUT2D eigenvalue weighted by atomic mass is 16.5. The maximum atomic E-state index is 10.6. The Hall–Kier alpha value is -1.71. The van der Waals surface area contributed by atoms with E-state index in [9.17, 15) is 4.79 Å². The molecule has 0 bridgehead atoms. The van der Waals surface area contributed by atoms with Crippen molar-refractivity contribution in [3.8, 4) is 11.5 Å². The van der Waals surface area contributed by atoms with Crippen LogP contribution in [0.4, 0.5) is 0 Å². The van der Waals surface area contributed by atoms with Crippen molar-refractivity contribution >= 4 is 5.91 Å². The quantitative estimate of drug-likeness (QED) is 0.721. The second-order valence-electron chi connectivity index (χ2n) is 4.17. The van der Waals surface area contributed by atoms with Crippen molar-refractivity contribution in [3.63, 3.8) is 0 Å². The maximum Gasteiger partial charge on any atom is 0.217 e. The first-order valence-electron chi connectivity index (χ1n) is 6.17. The number of nitrogens with two attached hydrogens (primary N) is 1. The largest absolute Gasteiger partial charge is 0.496 e. The number of unbranched alkanes of at least 4 members (excludes halogenated alkanes) is 2. The first-order valence-corrected chi connectivity index (χ1v) is 6.17. The monoisotopic (exact) mass is 251 g/mol. The molecule has 100 valence electrons. The van der Waals surface area contributed by atoms with Crippen molar-refractivity contribution in [1.82, 2.24) is 0 Å². The number of carbonyl (C=O) groups is 1. The van der Waals surface area contributed by atoms with Gasteiger partial charge in [0.2, 0.25) is 5.91 Å². The van der Waals surface area contributed by atoms with E-state index in [0.29, 0.717) is 6.42 Å². The van der Waals surface area contributed by atoms with Crippen molar-refractivity contribution in [2.24, 2.45) is 5.73 Å². The van der Waals surface area contributed by atoms with Crippen LogP contribution in [0.2, 0.25) is 0 Å². The minimum atomic E-state index is -0.232. The van der Waals surface area contributed by atoms with Gasteiger partial charge in [0.25, 0.3) is 0 Å². The van der Waals surface area contributed by atoms with E-state index in [1.807, 2.05) is 18.2 Å². The van der Waals surface area contributed by atoms with Crippen LogP contribution in [0.25, 0.3) is 0 Å². The number of methoxy groups -OCH3 is 2. The number of primary amides is 1. The average Bonchev–Trinajstić information content (AvgIpc) is 2.37. The number of hydrogen-bond acceptors (Lipinski definition) is 3. The Kier molecular flexibility index (Phi) is 6.05. The smallest absolute Gasteiger partial charge is 0.217 e. The van der Waals surface area contributed by atoms with Crippen LogP contribution in [0.1, 0.15) is 31.2 Å². The fourth-order valence-corrected chi connectivity index (χ4v) is 1.95. The lowest BCUT2D eigenvalue weighted by Gasteiger charge is -2.12. The summed E-state index contributed by atoms with van der Waals surface area (Å²) in [4.78, 5) is 10.6. The van der Waals surface area contributed by atoms with Gasteiger partial charge in [0.15, 0.2) is 0 Å². The van der Waals surface area contributed by atoms with E-state index < -0.39 is 0 Å². The Balaban J connectivity index is 2.52. The number of amides is 1. The van der Waals surface area contributed by atoms with Crippen LogP contribution in [0, 0.1) is 0 Å². The van der Waals surface area contributed by atoms with Crippen LogP contribution < -0.4 is 15.2 Å². The van der Waals surface area contributed by atoms with Crippen LogP contribution in [-0.4, -0.2) is 20.1 Å². The minimum Gasteiger partial charge on any atom is -0.496 e. The zero-order valence-electron chi connectivity index (χ0n) is 11.1. The second-order valence-corrected chi connectivity index (χ2v) is 4.17. The van der Waals surface area contributed by atoms with Gasteiger partial charge in [-0.3, -0.25) is 4.79 Å². The summed E-state index contributed by atoms with van der Waals surface area (Å²) in [6, 6.07) is 5.77. The maximum absolute atomic E-state index is 10.6. The highest BCUT2D eigenvalue weighted by molar-refractivity contribution is 5.73. The fraction of sp³-hybridized carbons (Fsp3) is 0.500. The van der Waals surface area contributed by atoms with Crippen LogP contribution in [0.5, 0.6) is 11.5 Å². The Labute approximate surface area is 108 Å². The number of carbonyl (C=O) groups excluding carboxylic acids is 1. The van der Waals surface area contributed by atoms with Gasteiger partial charge in [0.05, 0.1) is 14.2 Å². The van der Waals surface area contributed by atoms with Crippen LogP contribution >= 0.6 is 0 Å². The SMILES string of the molecule is COc1cccc(OC)c1CCCCCC(N)=O. The Morgan fingerprint density at radius 3 is 2.22 bits per heavy atom. The predicted molar refractivity (Wildman–Crippen MR) is 70.9 cm³/mol. The molecule has 0 fully saturated rings. The Morgan fingerprint density at radius 2 is 1.72 bits per heavy atom. The molecule has 1 aromatic carbocycles. The van der Waals surface area contributed by atoms with E-state index in [1.54, 1.807) is 14.2 Å². The van der Waals surface area contributed by atoms with Crippen molar-refractivity contribution in [1.29, 1.82) is 0 Å². The van der Waals surface area contributed by atoms with Crippen LogP contribution in [-0.2, 0) is 11.2 Å². The van der Waals surface area contributed by atoms with Gasteiger partial charge in [-0.1, -0.05) is 12.5 Å². The highest BCUT2D eigenvalue weighted by Crippen LogP contribution is 2.29. The van der Waals surface area contributed by atoms with E-state index >= 15 is 0 Å². The van der Waals surface area contributed by atoms with E-state index in [2.05, 4.69) is 0 Å². The lowest BCUT2D eigenvalue weighted by Crippen LogP contribution is -2.09. The zero-order chi connectivity index (χ0) is 13.4. The van der Waals surface area contributed by atoms with Gasteiger partial charge < -0.3 is 15.2 Å². The molecule has 1 aromatic rings.